The molecule has 0 aromatic heterocycles. The van der Waals surface area contributed by atoms with Gasteiger partial charge in [0.15, 0.2) is 0 Å². The Morgan fingerprint density at radius 3 is 2.41 bits per heavy atom. The second-order valence-corrected chi connectivity index (χ2v) is 8.59. The summed E-state index contributed by atoms with van der Waals surface area (Å²) < 4.78 is 5.51. The summed E-state index contributed by atoms with van der Waals surface area (Å²) in [6.07, 6.45) is 21.6. The molecule has 4 heteroatoms. The zero-order chi connectivity index (χ0) is 19.6. The standard InChI is InChI=1S/C23H38O4/c1-4-5-6-7-8-9-10-11-12-13-14-15-16-17-22(2)19-23(3)20(26-27-22)18-21(24)25-23/h6-9,20H,4-5,10-19H2,1-3H3/b7-6-,9-8+/t20-,22-,23-/m0/s1. The lowest BCUT2D eigenvalue weighted by atomic mass is 9.82. The van der Waals surface area contributed by atoms with Crippen LogP contribution in [-0.4, -0.2) is 23.3 Å². The maximum Gasteiger partial charge on any atom is 0.309 e. The van der Waals surface area contributed by atoms with Crippen LogP contribution in [0, 0.1) is 0 Å². The van der Waals surface area contributed by atoms with Gasteiger partial charge < -0.3 is 4.74 Å². The quantitative estimate of drug-likeness (QED) is 0.175. The monoisotopic (exact) mass is 378 g/mol. The van der Waals surface area contributed by atoms with Crippen molar-refractivity contribution in [3.63, 3.8) is 0 Å². The van der Waals surface area contributed by atoms with Gasteiger partial charge in [0.2, 0.25) is 0 Å². The van der Waals surface area contributed by atoms with Gasteiger partial charge in [0, 0.05) is 6.42 Å². The molecule has 0 aliphatic carbocycles. The van der Waals surface area contributed by atoms with Crippen LogP contribution in [-0.2, 0) is 19.3 Å². The summed E-state index contributed by atoms with van der Waals surface area (Å²) in [5.41, 5.74) is -0.880. The summed E-state index contributed by atoms with van der Waals surface area (Å²) in [4.78, 5) is 22.7. The molecule has 2 fully saturated rings. The first-order valence-corrected chi connectivity index (χ1v) is 10.9. The van der Waals surface area contributed by atoms with Gasteiger partial charge in [-0.15, -0.1) is 0 Å². The summed E-state index contributed by atoms with van der Waals surface area (Å²) in [7, 11) is 0. The van der Waals surface area contributed by atoms with Crippen molar-refractivity contribution in [1.82, 2.24) is 0 Å². The van der Waals surface area contributed by atoms with Gasteiger partial charge in [-0.25, -0.2) is 9.78 Å². The van der Waals surface area contributed by atoms with Crippen molar-refractivity contribution < 1.29 is 19.3 Å². The molecule has 27 heavy (non-hydrogen) atoms. The van der Waals surface area contributed by atoms with Gasteiger partial charge in [-0.05, 0) is 39.5 Å². The van der Waals surface area contributed by atoms with Crippen molar-refractivity contribution in [2.24, 2.45) is 0 Å². The van der Waals surface area contributed by atoms with Crippen molar-refractivity contribution >= 4 is 5.97 Å². The van der Waals surface area contributed by atoms with Crippen molar-refractivity contribution in [2.75, 3.05) is 0 Å². The number of carbonyl (C=O) groups excluding carboxylic acids is 1. The van der Waals surface area contributed by atoms with Crippen LogP contribution < -0.4 is 0 Å². The maximum atomic E-state index is 11.5. The Labute approximate surface area is 165 Å². The predicted octanol–water partition coefficient (Wildman–Crippen LogP) is 6.20. The summed E-state index contributed by atoms with van der Waals surface area (Å²) in [6, 6.07) is 0. The largest absolute Gasteiger partial charge is 0.456 e. The van der Waals surface area contributed by atoms with Gasteiger partial charge in [0.1, 0.15) is 17.3 Å². The maximum absolute atomic E-state index is 11.5. The fraction of sp³-hybridized carbons (Fsp3) is 0.783. The smallest absolute Gasteiger partial charge is 0.309 e. The molecule has 154 valence electrons. The second kappa shape index (κ2) is 11.0. The van der Waals surface area contributed by atoms with E-state index in [4.69, 9.17) is 14.5 Å². The van der Waals surface area contributed by atoms with Gasteiger partial charge in [-0.1, -0.05) is 69.8 Å². The van der Waals surface area contributed by atoms with Crippen LogP contribution in [0.5, 0.6) is 0 Å². The van der Waals surface area contributed by atoms with Crippen molar-refractivity contribution in [1.29, 1.82) is 0 Å². The number of fused-ring (bicyclic) bond motifs is 1. The third-order valence-corrected chi connectivity index (χ3v) is 5.64. The molecule has 0 aromatic carbocycles. The van der Waals surface area contributed by atoms with Gasteiger partial charge in [-0.2, -0.15) is 0 Å². The summed E-state index contributed by atoms with van der Waals surface area (Å²) >= 11 is 0. The van der Waals surface area contributed by atoms with E-state index >= 15 is 0 Å². The van der Waals surface area contributed by atoms with E-state index in [-0.39, 0.29) is 17.7 Å². The fourth-order valence-electron chi connectivity index (χ4n) is 4.08. The lowest BCUT2D eigenvalue weighted by Crippen LogP contribution is -2.51. The molecule has 0 amide bonds. The Morgan fingerprint density at radius 1 is 1.00 bits per heavy atom. The van der Waals surface area contributed by atoms with Crippen molar-refractivity contribution in [2.45, 2.75) is 115 Å². The van der Waals surface area contributed by atoms with Gasteiger partial charge in [-0.3, -0.25) is 4.79 Å². The average molecular weight is 379 g/mol. The highest BCUT2D eigenvalue weighted by atomic mass is 17.2. The van der Waals surface area contributed by atoms with E-state index in [9.17, 15) is 4.79 Å². The van der Waals surface area contributed by atoms with E-state index in [0.717, 1.165) is 19.3 Å². The summed E-state index contributed by atoms with van der Waals surface area (Å²) in [5, 5.41) is 0. The minimum atomic E-state index is -0.524. The second-order valence-electron chi connectivity index (χ2n) is 8.59. The van der Waals surface area contributed by atoms with Crippen LogP contribution in [0.4, 0.5) is 0 Å². The number of rotatable bonds is 12. The molecule has 2 heterocycles. The molecule has 0 N–H and O–H groups in total. The molecule has 2 rings (SSSR count). The molecule has 0 aromatic rings. The first kappa shape index (κ1) is 22.2. The first-order valence-electron chi connectivity index (χ1n) is 10.9. The minimum Gasteiger partial charge on any atom is -0.456 e. The van der Waals surface area contributed by atoms with E-state index in [0.29, 0.717) is 6.42 Å². The van der Waals surface area contributed by atoms with Crippen molar-refractivity contribution in [3.8, 4) is 0 Å². The van der Waals surface area contributed by atoms with E-state index < -0.39 is 5.60 Å². The Balaban J connectivity index is 1.50. The van der Waals surface area contributed by atoms with Crippen LogP contribution >= 0.6 is 0 Å². The van der Waals surface area contributed by atoms with E-state index in [1.807, 2.05) is 6.92 Å². The molecule has 2 aliphatic heterocycles. The van der Waals surface area contributed by atoms with E-state index in [1.54, 1.807) is 0 Å². The number of ether oxygens (including phenoxy) is 1. The van der Waals surface area contributed by atoms with Crippen LogP contribution in [0.3, 0.4) is 0 Å². The Kier molecular flexibility index (Phi) is 9.04. The molecule has 0 unspecified atom stereocenters. The molecule has 0 saturated carbocycles. The molecule has 0 bridgehead atoms. The normalized spacial score (nSPS) is 30.9. The molecular formula is C23H38O4. The first-order chi connectivity index (χ1) is 13.0. The molecule has 2 saturated heterocycles. The van der Waals surface area contributed by atoms with Crippen LogP contribution in [0.25, 0.3) is 0 Å². The highest BCUT2D eigenvalue weighted by Gasteiger charge is 2.55. The third kappa shape index (κ3) is 7.42. The van der Waals surface area contributed by atoms with Crippen molar-refractivity contribution in [3.05, 3.63) is 24.3 Å². The zero-order valence-electron chi connectivity index (χ0n) is 17.5. The SMILES string of the molecule is CCC/C=C\C=C\CCCCCCCC[C@@]1(C)C[C@]2(C)OC(=O)C[C@@H]2OO1. The lowest BCUT2D eigenvalue weighted by molar-refractivity contribution is -0.428. The van der Waals surface area contributed by atoms with E-state index in [1.165, 1.54) is 51.4 Å². The number of unbranched alkanes of at least 4 members (excludes halogenated alkanes) is 7. The van der Waals surface area contributed by atoms with E-state index in [2.05, 4.69) is 38.2 Å². The Hall–Kier alpha value is -1.13. The molecule has 0 spiro atoms. The third-order valence-electron chi connectivity index (χ3n) is 5.64. The molecule has 4 nitrogen and oxygen atoms in total. The number of carbonyl (C=O) groups is 1. The highest BCUT2D eigenvalue weighted by molar-refractivity contribution is 5.73. The molecular weight excluding hydrogens is 340 g/mol. The number of allylic oxidation sites excluding steroid dienone is 4. The average Bonchev–Trinajstić information content (AvgIpc) is 2.91. The molecule has 0 radical (unpaired) electrons. The summed E-state index contributed by atoms with van der Waals surface area (Å²) in [5.74, 6) is -0.179. The Bertz CT molecular complexity index is 513. The number of hydrogen-bond acceptors (Lipinski definition) is 4. The number of esters is 1. The topological polar surface area (TPSA) is 44.8 Å². The molecule has 3 atom stereocenters. The highest BCUT2D eigenvalue weighted by Crippen LogP contribution is 2.44. The van der Waals surface area contributed by atoms with Gasteiger partial charge in [0.25, 0.3) is 0 Å². The van der Waals surface area contributed by atoms with Crippen LogP contribution in [0.2, 0.25) is 0 Å². The predicted molar refractivity (Wildman–Crippen MR) is 108 cm³/mol. The van der Waals surface area contributed by atoms with Gasteiger partial charge in [0.05, 0.1) is 6.42 Å². The van der Waals surface area contributed by atoms with Crippen LogP contribution in [0.1, 0.15) is 97.8 Å². The lowest BCUT2D eigenvalue weighted by Gasteiger charge is -2.43. The fourth-order valence-corrected chi connectivity index (χ4v) is 4.08. The zero-order valence-corrected chi connectivity index (χ0v) is 17.5. The van der Waals surface area contributed by atoms with Gasteiger partial charge >= 0.3 is 5.97 Å². The van der Waals surface area contributed by atoms with Crippen LogP contribution in [0.15, 0.2) is 24.3 Å². The molecule has 2 aliphatic rings. The Morgan fingerprint density at radius 2 is 1.67 bits per heavy atom. The number of hydrogen-bond donors (Lipinski definition) is 0. The summed E-state index contributed by atoms with van der Waals surface area (Å²) in [6.45, 7) is 6.24. The minimum absolute atomic E-state index is 0.179.